The lowest BCUT2D eigenvalue weighted by molar-refractivity contribution is 0.940. The first kappa shape index (κ1) is 10.4. The van der Waals surface area contributed by atoms with Gasteiger partial charge in [0, 0.05) is 12.1 Å². The second kappa shape index (κ2) is 3.90. The van der Waals surface area contributed by atoms with Gasteiger partial charge in [0.1, 0.15) is 5.01 Å². The van der Waals surface area contributed by atoms with Gasteiger partial charge in [-0.1, -0.05) is 35.6 Å². The summed E-state index contributed by atoms with van der Waals surface area (Å²) >= 11 is 1.53. The van der Waals surface area contributed by atoms with Crippen LogP contribution in [0.15, 0.2) is 24.3 Å². The van der Waals surface area contributed by atoms with E-state index in [1.165, 1.54) is 11.3 Å². The van der Waals surface area contributed by atoms with Crippen LogP contribution < -0.4 is 5.73 Å². The van der Waals surface area contributed by atoms with Gasteiger partial charge in [0.2, 0.25) is 4.96 Å². The lowest BCUT2D eigenvalue weighted by Crippen LogP contribution is -1.96. The first-order valence-corrected chi connectivity index (χ1v) is 6.08. The minimum atomic E-state index is 0.547. The van der Waals surface area contributed by atoms with Crippen LogP contribution in [0.4, 0.5) is 0 Å². The van der Waals surface area contributed by atoms with Gasteiger partial charge in [-0.2, -0.15) is 9.61 Å². The molecule has 0 fully saturated rings. The number of hydrogen-bond acceptors (Lipinski definition) is 5. The lowest BCUT2D eigenvalue weighted by atomic mass is 10.1. The van der Waals surface area contributed by atoms with Crippen LogP contribution in [-0.2, 0) is 6.54 Å². The van der Waals surface area contributed by atoms with Crippen molar-refractivity contribution in [2.75, 3.05) is 0 Å². The van der Waals surface area contributed by atoms with Crippen molar-refractivity contribution < 1.29 is 0 Å². The fourth-order valence-electron chi connectivity index (χ4n) is 1.68. The topological polar surface area (TPSA) is 69.1 Å². The van der Waals surface area contributed by atoms with Gasteiger partial charge in [-0.3, -0.25) is 0 Å². The minimum absolute atomic E-state index is 0.547. The average molecular weight is 245 g/mol. The Balaban J connectivity index is 2.12. The maximum absolute atomic E-state index is 5.57. The zero-order chi connectivity index (χ0) is 11.8. The molecule has 0 aliphatic rings. The highest BCUT2D eigenvalue weighted by Gasteiger charge is 2.11. The van der Waals surface area contributed by atoms with Crippen molar-refractivity contribution in [2.45, 2.75) is 13.5 Å². The van der Waals surface area contributed by atoms with Crippen LogP contribution >= 0.6 is 11.3 Å². The molecule has 2 aromatic heterocycles. The van der Waals surface area contributed by atoms with E-state index < -0.39 is 0 Å². The molecule has 17 heavy (non-hydrogen) atoms. The van der Waals surface area contributed by atoms with Gasteiger partial charge < -0.3 is 5.73 Å². The van der Waals surface area contributed by atoms with Gasteiger partial charge in [-0.05, 0) is 12.5 Å². The fraction of sp³-hybridized carbons (Fsp3) is 0.182. The predicted octanol–water partition coefficient (Wildman–Crippen LogP) is 1.62. The molecule has 2 heterocycles. The molecule has 0 amide bonds. The molecule has 2 N–H and O–H groups in total. The number of rotatable bonds is 2. The SMILES string of the molecule is Cc1nn2c(-c3ccc(CN)cc3)nnc2s1. The van der Waals surface area contributed by atoms with Gasteiger partial charge in [-0.25, -0.2) is 0 Å². The normalized spacial score (nSPS) is 11.2. The molecule has 3 rings (SSSR count). The first-order valence-electron chi connectivity index (χ1n) is 5.26. The van der Waals surface area contributed by atoms with E-state index in [1.54, 1.807) is 4.52 Å². The smallest absolute Gasteiger partial charge is 0.234 e. The Kier molecular flexibility index (Phi) is 2.38. The van der Waals surface area contributed by atoms with Crippen LogP contribution in [0.3, 0.4) is 0 Å². The van der Waals surface area contributed by atoms with E-state index in [1.807, 2.05) is 31.2 Å². The average Bonchev–Trinajstić information content (AvgIpc) is 2.88. The molecule has 0 aliphatic carbocycles. The quantitative estimate of drug-likeness (QED) is 0.745. The van der Waals surface area contributed by atoms with Crippen molar-refractivity contribution in [2.24, 2.45) is 5.73 Å². The van der Waals surface area contributed by atoms with E-state index in [9.17, 15) is 0 Å². The third-order valence-electron chi connectivity index (χ3n) is 2.54. The molecular formula is C11H11N5S. The van der Waals surface area contributed by atoms with Crippen molar-refractivity contribution in [3.8, 4) is 11.4 Å². The summed E-state index contributed by atoms with van der Waals surface area (Å²) < 4.78 is 1.78. The Bertz CT molecular complexity index is 652. The number of nitrogens with zero attached hydrogens (tertiary/aromatic N) is 4. The van der Waals surface area contributed by atoms with E-state index in [2.05, 4.69) is 15.3 Å². The summed E-state index contributed by atoms with van der Waals surface area (Å²) in [5, 5.41) is 13.6. The molecule has 0 unspecified atom stereocenters. The summed E-state index contributed by atoms with van der Waals surface area (Å²) in [6, 6.07) is 7.98. The van der Waals surface area contributed by atoms with Crippen LogP contribution in [0.5, 0.6) is 0 Å². The zero-order valence-corrected chi connectivity index (χ0v) is 10.1. The third-order valence-corrected chi connectivity index (χ3v) is 3.35. The second-order valence-corrected chi connectivity index (χ2v) is 4.90. The van der Waals surface area contributed by atoms with Crippen LogP contribution in [0.25, 0.3) is 16.3 Å². The molecule has 86 valence electrons. The molecule has 0 saturated heterocycles. The van der Waals surface area contributed by atoms with Crippen LogP contribution in [0.1, 0.15) is 10.6 Å². The highest BCUT2D eigenvalue weighted by atomic mass is 32.1. The number of nitrogens with two attached hydrogens (primary N) is 1. The molecule has 0 saturated carbocycles. The lowest BCUT2D eigenvalue weighted by Gasteiger charge is -1.99. The van der Waals surface area contributed by atoms with Crippen LogP contribution in [-0.4, -0.2) is 19.8 Å². The summed E-state index contributed by atoms with van der Waals surface area (Å²) in [5.41, 5.74) is 7.67. The van der Waals surface area contributed by atoms with Gasteiger partial charge in [0.05, 0.1) is 0 Å². The minimum Gasteiger partial charge on any atom is -0.326 e. The van der Waals surface area contributed by atoms with Gasteiger partial charge in [-0.15, -0.1) is 10.2 Å². The van der Waals surface area contributed by atoms with Gasteiger partial charge >= 0.3 is 0 Å². The monoisotopic (exact) mass is 245 g/mol. The maximum atomic E-state index is 5.57. The van der Waals surface area contributed by atoms with Crippen molar-refractivity contribution in [1.29, 1.82) is 0 Å². The van der Waals surface area contributed by atoms with Gasteiger partial charge in [0.25, 0.3) is 0 Å². The summed E-state index contributed by atoms with van der Waals surface area (Å²) in [7, 11) is 0. The highest BCUT2D eigenvalue weighted by molar-refractivity contribution is 7.16. The fourth-order valence-corrected chi connectivity index (χ4v) is 2.36. The molecule has 1 aromatic carbocycles. The Morgan fingerprint density at radius 1 is 1.24 bits per heavy atom. The Morgan fingerprint density at radius 2 is 2.00 bits per heavy atom. The summed E-state index contributed by atoms with van der Waals surface area (Å²) in [4.78, 5) is 0.820. The predicted molar refractivity (Wildman–Crippen MR) is 66.7 cm³/mol. The number of aromatic nitrogens is 4. The molecule has 6 heteroatoms. The molecule has 5 nitrogen and oxygen atoms in total. The standard InChI is InChI=1S/C11H11N5S/c1-7-15-16-10(13-14-11(16)17-7)9-4-2-8(6-12)3-5-9/h2-5H,6,12H2,1H3. The molecule has 0 atom stereocenters. The van der Waals surface area contributed by atoms with Crippen molar-refractivity contribution >= 4 is 16.3 Å². The summed E-state index contributed by atoms with van der Waals surface area (Å²) in [6.07, 6.45) is 0. The van der Waals surface area contributed by atoms with E-state index in [0.29, 0.717) is 6.54 Å². The molecular weight excluding hydrogens is 234 g/mol. The Hall–Kier alpha value is -1.79. The Labute approximate surface area is 102 Å². The van der Waals surface area contributed by atoms with Crippen molar-refractivity contribution in [3.05, 3.63) is 34.8 Å². The third kappa shape index (κ3) is 1.71. The van der Waals surface area contributed by atoms with E-state index >= 15 is 0 Å². The van der Waals surface area contributed by atoms with Crippen LogP contribution in [0.2, 0.25) is 0 Å². The molecule has 0 radical (unpaired) electrons. The Morgan fingerprint density at radius 3 is 2.71 bits per heavy atom. The molecule has 0 aliphatic heterocycles. The first-order chi connectivity index (χ1) is 8.28. The number of aryl methyl sites for hydroxylation is 1. The largest absolute Gasteiger partial charge is 0.326 e. The molecule has 0 bridgehead atoms. The number of fused-ring (bicyclic) bond motifs is 1. The molecule has 0 spiro atoms. The second-order valence-electron chi connectivity index (χ2n) is 3.74. The van der Waals surface area contributed by atoms with Crippen molar-refractivity contribution in [3.63, 3.8) is 0 Å². The number of benzene rings is 1. The van der Waals surface area contributed by atoms with Crippen molar-refractivity contribution in [1.82, 2.24) is 19.8 Å². The summed E-state index contributed by atoms with van der Waals surface area (Å²) in [5.74, 6) is 0.771. The van der Waals surface area contributed by atoms with Crippen LogP contribution in [0, 0.1) is 6.92 Å². The highest BCUT2D eigenvalue weighted by Crippen LogP contribution is 2.21. The number of hydrogen-bond donors (Lipinski definition) is 1. The van der Waals surface area contributed by atoms with E-state index in [-0.39, 0.29) is 0 Å². The van der Waals surface area contributed by atoms with E-state index in [0.717, 1.165) is 26.9 Å². The zero-order valence-electron chi connectivity index (χ0n) is 9.29. The summed E-state index contributed by atoms with van der Waals surface area (Å²) in [6.45, 7) is 2.51. The maximum Gasteiger partial charge on any atom is 0.234 e. The molecule has 3 aromatic rings. The van der Waals surface area contributed by atoms with E-state index in [4.69, 9.17) is 5.73 Å². The van der Waals surface area contributed by atoms with Gasteiger partial charge in [0.15, 0.2) is 5.82 Å².